The maximum absolute atomic E-state index is 11.8. The van der Waals surface area contributed by atoms with Gasteiger partial charge >= 0.3 is 17.9 Å². The fraction of sp³-hybridized carbons (Fsp3) is 0.471. The molecule has 120 valence electrons. The van der Waals surface area contributed by atoms with Crippen molar-refractivity contribution in [3.05, 3.63) is 35.4 Å². The Morgan fingerprint density at radius 3 is 2.18 bits per heavy atom. The molecule has 0 saturated heterocycles. The van der Waals surface area contributed by atoms with Crippen LogP contribution in [0.4, 0.5) is 0 Å². The van der Waals surface area contributed by atoms with Crippen LogP contribution in [0.3, 0.4) is 0 Å². The van der Waals surface area contributed by atoms with E-state index in [1.54, 1.807) is 0 Å². The van der Waals surface area contributed by atoms with Gasteiger partial charge in [0.2, 0.25) is 0 Å². The third-order valence-electron chi connectivity index (χ3n) is 3.32. The minimum Gasteiger partial charge on any atom is -0.478 e. The molecule has 1 aromatic carbocycles. The molecule has 0 aliphatic heterocycles. The molecule has 0 aliphatic rings. The molecule has 0 unspecified atom stereocenters. The highest BCUT2D eigenvalue weighted by molar-refractivity contribution is 6.05. The number of esters is 2. The second-order valence-corrected chi connectivity index (χ2v) is 5.13. The summed E-state index contributed by atoms with van der Waals surface area (Å²) in [6, 6.07) is 5.68. The van der Waals surface area contributed by atoms with Crippen LogP contribution in [-0.2, 0) is 9.53 Å². The maximum Gasteiger partial charge on any atom is 0.346 e. The van der Waals surface area contributed by atoms with Crippen molar-refractivity contribution in [2.75, 3.05) is 0 Å². The highest BCUT2D eigenvalue weighted by Crippen LogP contribution is 2.12. The van der Waals surface area contributed by atoms with Crippen LogP contribution in [0.15, 0.2) is 24.3 Å². The van der Waals surface area contributed by atoms with E-state index in [1.165, 1.54) is 37.1 Å². The van der Waals surface area contributed by atoms with E-state index in [2.05, 4.69) is 6.92 Å². The van der Waals surface area contributed by atoms with Crippen molar-refractivity contribution < 1.29 is 24.2 Å². The highest BCUT2D eigenvalue weighted by Gasteiger charge is 2.19. The van der Waals surface area contributed by atoms with Gasteiger partial charge in [0, 0.05) is 6.42 Å². The van der Waals surface area contributed by atoms with Gasteiger partial charge < -0.3 is 9.84 Å². The molecule has 0 atom stereocenters. The Hall–Kier alpha value is -2.17. The summed E-state index contributed by atoms with van der Waals surface area (Å²) in [5, 5.41) is 9.00. The number of unbranched alkanes of at least 4 members (excludes halogenated alkanes) is 5. The third-order valence-corrected chi connectivity index (χ3v) is 3.32. The van der Waals surface area contributed by atoms with E-state index in [9.17, 15) is 14.4 Å². The van der Waals surface area contributed by atoms with Crippen molar-refractivity contribution in [1.29, 1.82) is 0 Å². The van der Waals surface area contributed by atoms with Gasteiger partial charge in [-0.2, -0.15) is 0 Å². The van der Waals surface area contributed by atoms with Gasteiger partial charge in [0.25, 0.3) is 0 Å². The molecule has 22 heavy (non-hydrogen) atoms. The first-order valence-corrected chi connectivity index (χ1v) is 7.63. The van der Waals surface area contributed by atoms with E-state index in [1.807, 2.05) is 0 Å². The molecule has 0 aromatic heterocycles. The quantitative estimate of drug-likeness (QED) is 0.426. The van der Waals surface area contributed by atoms with E-state index >= 15 is 0 Å². The van der Waals surface area contributed by atoms with Gasteiger partial charge in [-0.3, -0.25) is 4.79 Å². The third kappa shape index (κ3) is 6.08. The number of carboxylic acids is 1. The second kappa shape index (κ2) is 9.71. The molecule has 0 bridgehead atoms. The van der Waals surface area contributed by atoms with Gasteiger partial charge in [-0.15, -0.1) is 0 Å². The zero-order valence-electron chi connectivity index (χ0n) is 12.8. The Bertz CT molecular complexity index is 522. The van der Waals surface area contributed by atoms with Crippen LogP contribution in [0.25, 0.3) is 0 Å². The van der Waals surface area contributed by atoms with Crippen molar-refractivity contribution >= 4 is 17.9 Å². The first-order valence-electron chi connectivity index (χ1n) is 7.63. The molecule has 1 aromatic rings. The molecular weight excluding hydrogens is 284 g/mol. The number of hydrogen-bond donors (Lipinski definition) is 1. The summed E-state index contributed by atoms with van der Waals surface area (Å²) in [5.41, 5.74) is -0.272. The number of hydrogen-bond acceptors (Lipinski definition) is 4. The fourth-order valence-corrected chi connectivity index (χ4v) is 2.11. The molecule has 0 radical (unpaired) electrons. The molecule has 0 aliphatic carbocycles. The van der Waals surface area contributed by atoms with Crippen molar-refractivity contribution in [2.24, 2.45) is 0 Å². The molecule has 1 rings (SSSR count). The number of carbonyl (C=O) groups is 3. The molecule has 0 spiro atoms. The molecule has 0 amide bonds. The van der Waals surface area contributed by atoms with Crippen molar-refractivity contribution in [3.8, 4) is 0 Å². The number of ether oxygens (including phenoxy) is 1. The molecular formula is C17H22O5. The van der Waals surface area contributed by atoms with Crippen LogP contribution in [0.5, 0.6) is 0 Å². The van der Waals surface area contributed by atoms with E-state index in [4.69, 9.17) is 9.84 Å². The number of aromatic carboxylic acids is 1. The lowest BCUT2D eigenvalue weighted by atomic mass is 10.1. The lowest BCUT2D eigenvalue weighted by molar-refractivity contribution is -0.138. The summed E-state index contributed by atoms with van der Waals surface area (Å²) >= 11 is 0. The van der Waals surface area contributed by atoms with Crippen molar-refractivity contribution in [1.82, 2.24) is 0 Å². The van der Waals surface area contributed by atoms with Crippen LogP contribution in [0.2, 0.25) is 0 Å². The van der Waals surface area contributed by atoms with E-state index < -0.39 is 17.9 Å². The molecule has 1 N–H and O–H groups in total. The lowest BCUT2D eigenvalue weighted by Gasteiger charge is -2.05. The van der Waals surface area contributed by atoms with Gasteiger partial charge in [0.15, 0.2) is 0 Å². The Balaban J connectivity index is 2.42. The lowest BCUT2D eigenvalue weighted by Crippen LogP contribution is -2.15. The fourth-order valence-electron chi connectivity index (χ4n) is 2.11. The predicted octanol–water partition coefficient (Wildman–Crippen LogP) is 3.82. The Kier molecular flexibility index (Phi) is 7.89. The Morgan fingerprint density at radius 1 is 0.955 bits per heavy atom. The first kappa shape index (κ1) is 17.9. The number of carbonyl (C=O) groups excluding carboxylic acids is 2. The Labute approximate surface area is 130 Å². The summed E-state index contributed by atoms with van der Waals surface area (Å²) in [5.74, 6) is -2.74. The van der Waals surface area contributed by atoms with E-state index in [0.717, 1.165) is 19.3 Å². The highest BCUT2D eigenvalue weighted by atomic mass is 16.6. The number of carboxylic acid groups (broad SMARTS) is 1. The van der Waals surface area contributed by atoms with Gasteiger partial charge in [0.1, 0.15) is 0 Å². The van der Waals surface area contributed by atoms with Crippen molar-refractivity contribution in [2.45, 2.75) is 51.9 Å². The van der Waals surface area contributed by atoms with E-state index in [0.29, 0.717) is 6.42 Å². The average Bonchev–Trinajstić information content (AvgIpc) is 2.50. The normalized spacial score (nSPS) is 10.2. The summed E-state index contributed by atoms with van der Waals surface area (Å²) in [7, 11) is 0. The predicted molar refractivity (Wildman–Crippen MR) is 81.8 cm³/mol. The molecule has 0 saturated carbocycles. The second-order valence-electron chi connectivity index (χ2n) is 5.13. The minimum atomic E-state index is -1.23. The maximum atomic E-state index is 11.8. The molecule has 5 nitrogen and oxygen atoms in total. The summed E-state index contributed by atoms with van der Waals surface area (Å²) in [6.07, 6.45) is 6.35. The van der Waals surface area contributed by atoms with Gasteiger partial charge in [-0.1, -0.05) is 51.2 Å². The van der Waals surface area contributed by atoms with Crippen LogP contribution >= 0.6 is 0 Å². The van der Waals surface area contributed by atoms with Crippen LogP contribution in [0.1, 0.15) is 72.6 Å². The van der Waals surface area contributed by atoms with Crippen molar-refractivity contribution in [3.63, 3.8) is 0 Å². The molecule has 0 fully saturated rings. The summed E-state index contributed by atoms with van der Waals surface area (Å²) in [6.45, 7) is 2.14. The monoisotopic (exact) mass is 306 g/mol. The zero-order chi connectivity index (χ0) is 16.4. The number of benzene rings is 1. The largest absolute Gasteiger partial charge is 0.478 e. The van der Waals surface area contributed by atoms with Crippen LogP contribution in [0, 0.1) is 0 Å². The first-order chi connectivity index (χ1) is 10.6. The topological polar surface area (TPSA) is 80.7 Å². The average molecular weight is 306 g/mol. The zero-order valence-corrected chi connectivity index (χ0v) is 12.8. The Morgan fingerprint density at radius 2 is 1.55 bits per heavy atom. The molecule has 5 heteroatoms. The standard InChI is InChI=1S/C17H22O5/c1-2-3-4-5-6-7-12-15(18)22-17(21)14-11-9-8-10-13(14)16(19)20/h8-11H,2-7,12H2,1H3,(H,19,20). The summed E-state index contributed by atoms with van der Waals surface area (Å²) < 4.78 is 4.71. The van der Waals surface area contributed by atoms with Gasteiger partial charge in [0.05, 0.1) is 11.1 Å². The SMILES string of the molecule is CCCCCCCCC(=O)OC(=O)c1ccccc1C(=O)O. The minimum absolute atomic E-state index is 0.105. The van der Waals surface area contributed by atoms with E-state index in [-0.39, 0.29) is 17.5 Å². The van der Waals surface area contributed by atoms with Gasteiger partial charge in [-0.25, -0.2) is 9.59 Å². The summed E-state index contributed by atoms with van der Waals surface area (Å²) in [4.78, 5) is 34.5. The molecule has 0 heterocycles. The van der Waals surface area contributed by atoms with Crippen LogP contribution < -0.4 is 0 Å². The van der Waals surface area contributed by atoms with Crippen LogP contribution in [-0.4, -0.2) is 23.0 Å². The smallest absolute Gasteiger partial charge is 0.346 e. The van der Waals surface area contributed by atoms with Gasteiger partial charge in [-0.05, 0) is 18.6 Å². The number of rotatable bonds is 9.